The van der Waals surface area contributed by atoms with Gasteiger partial charge in [-0.15, -0.1) is 17.0 Å². The van der Waals surface area contributed by atoms with Gasteiger partial charge in [-0.25, -0.2) is 0 Å². The highest BCUT2D eigenvalue weighted by Crippen LogP contribution is 2.20. The minimum atomic E-state index is 0. The molecule has 92 valence electrons. The van der Waals surface area contributed by atoms with Crippen molar-refractivity contribution in [3.05, 3.63) is 34.4 Å². The van der Waals surface area contributed by atoms with Gasteiger partial charge in [-0.05, 0) is 24.3 Å². The third-order valence-electron chi connectivity index (χ3n) is 2.34. The monoisotopic (exact) mass is 360 g/mol. The molecule has 0 aliphatic heterocycles. The molecule has 4 nitrogen and oxygen atoms in total. The lowest BCUT2D eigenvalue weighted by Crippen LogP contribution is -2.30. The van der Waals surface area contributed by atoms with Gasteiger partial charge in [0.25, 0.3) is 0 Å². The molecule has 0 spiro atoms. The molecular weight excluding hydrogens is 348 g/mol. The quantitative estimate of drug-likeness (QED) is 0.568. The molecule has 0 bridgehead atoms. The highest BCUT2D eigenvalue weighted by molar-refractivity contribution is 9.10. The molecule has 6 heteroatoms. The second-order valence-electron chi connectivity index (χ2n) is 3.49. The molecule has 0 saturated carbocycles. The van der Waals surface area contributed by atoms with Crippen molar-refractivity contribution in [1.29, 1.82) is 0 Å². The second-order valence-corrected chi connectivity index (χ2v) is 4.40. The number of nitrogens with two attached hydrogens (primary N) is 1. The Hall–Kier alpha value is -1.01. The van der Waals surface area contributed by atoms with Crippen LogP contribution in [-0.2, 0) is 6.54 Å². The molecule has 1 aromatic heterocycles. The van der Waals surface area contributed by atoms with Gasteiger partial charge in [-0.1, -0.05) is 15.9 Å². The highest BCUT2D eigenvalue weighted by atomic mass is 79.9. The van der Waals surface area contributed by atoms with Crippen LogP contribution >= 0.6 is 32.9 Å². The van der Waals surface area contributed by atoms with E-state index in [1.54, 1.807) is 7.05 Å². The van der Waals surface area contributed by atoms with Gasteiger partial charge in [0, 0.05) is 28.1 Å². The van der Waals surface area contributed by atoms with Gasteiger partial charge in [-0.3, -0.25) is 4.99 Å². The van der Waals surface area contributed by atoms with Crippen LogP contribution < -0.4 is 11.1 Å². The second kappa shape index (κ2) is 6.07. The van der Waals surface area contributed by atoms with E-state index in [0.717, 1.165) is 15.7 Å². The zero-order valence-corrected chi connectivity index (χ0v) is 12.6. The number of hydrogen-bond donors (Lipinski definition) is 3. The van der Waals surface area contributed by atoms with E-state index in [0.29, 0.717) is 12.5 Å². The van der Waals surface area contributed by atoms with E-state index in [4.69, 9.17) is 5.73 Å². The first-order valence-electron chi connectivity index (χ1n) is 4.92. The summed E-state index contributed by atoms with van der Waals surface area (Å²) >= 11 is 3.45. The summed E-state index contributed by atoms with van der Waals surface area (Å²) in [5.41, 5.74) is 7.76. The summed E-state index contributed by atoms with van der Waals surface area (Å²) in [4.78, 5) is 7.14. The van der Waals surface area contributed by atoms with Crippen molar-refractivity contribution in [2.24, 2.45) is 10.7 Å². The Morgan fingerprint density at radius 2 is 2.24 bits per heavy atom. The standard InChI is InChI=1S/C11H13BrN4.BrH/c1-14-11(13)15-6-9-5-7-4-8(12)2-3-10(7)16-9;/h2-5,16H,6H2,1H3,(H3,13,14,15);1H. The SMILES string of the molecule is Br.CN=C(N)NCc1cc2cc(Br)ccc2[nH]1. The number of hydrogen-bond acceptors (Lipinski definition) is 1. The minimum Gasteiger partial charge on any atom is -0.370 e. The van der Waals surface area contributed by atoms with Crippen LogP contribution in [0, 0.1) is 0 Å². The Labute approximate surface area is 119 Å². The van der Waals surface area contributed by atoms with Crippen LogP contribution in [0.25, 0.3) is 10.9 Å². The van der Waals surface area contributed by atoms with Crippen molar-refractivity contribution >= 4 is 49.8 Å². The maximum absolute atomic E-state index is 5.56. The number of benzene rings is 1. The van der Waals surface area contributed by atoms with E-state index < -0.39 is 0 Å². The first kappa shape index (κ1) is 14.1. The van der Waals surface area contributed by atoms with Crippen molar-refractivity contribution < 1.29 is 0 Å². The molecule has 0 amide bonds. The first-order valence-corrected chi connectivity index (χ1v) is 5.71. The molecule has 0 radical (unpaired) electrons. The molecule has 0 fully saturated rings. The van der Waals surface area contributed by atoms with Crippen LogP contribution in [0.15, 0.2) is 33.7 Å². The van der Waals surface area contributed by atoms with Crippen molar-refractivity contribution in [3.8, 4) is 0 Å². The summed E-state index contributed by atoms with van der Waals surface area (Å²) in [6, 6.07) is 8.22. The summed E-state index contributed by atoms with van der Waals surface area (Å²) < 4.78 is 1.08. The number of fused-ring (bicyclic) bond motifs is 1. The Kier molecular flexibility index (Phi) is 5.02. The molecule has 2 aromatic rings. The predicted octanol–water partition coefficient (Wildman–Crippen LogP) is 2.54. The van der Waals surface area contributed by atoms with Crippen molar-refractivity contribution in [2.75, 3.05) is 7.05 Å². The number of rotatable bonds is 2. The maximum Gasteiger partial charge on any atom is 0.188 e. The van der Waals surface area contributed by atoms with Gasteiger partial charge in [0.05, 0.1) is 6.54 Å². The van der Waals surface area contributed by atoms with Crippen LogP contribution in [0.5, 0.6) is 0 Å². The molecular formula is C11H14Br2N4. The number of H-pyrrole nitrogens is 1. The molecule has 4 N–H and O–H groups in total. The van der Waals surface area contributed by atoms with Gasteiger partial charge in [0.1, 0.15) is 0 Å². The number of aliphatic imine (C=N–C) groups is 1. The summed E-state index contributed by atoms with van der Waals surface area (Å²) in [5.74, 6) is 0.444. The first-order chi connectivity index (χ1) is 7.69. The molecule has 0 saturated heterocycles. The fourth-order valence-electron chi connectivity index (χ4n) is 1.52. The molecule has 17 heavy (non-hydrogen) atoms. The third kappa shape index (κ3) is 3.47. The normalized spacial score (nSPS) is 11.3. The Balaban J connectivity index is 0.00000144. The van der Waals surface area contributed by atoms with Crippen molar-refractivity contribution in [3.63, 3.8) is 0 Å². The van der Waals surface area contributed by atoms with Gasteiger partial charge >= 0.3 is 0 Å². The van der Waals surface area contributed by atoms with E-state index in [1.165, 1.54) is 5.39 Å². The van der Waals surface area contributed by atoms with Crippen LogP contribution in [0.2, 0.25) is 0 Å². The summed E-state index contributed by atoms with van der Waals surface area (Å²) in [6.45, 7) is 0.648. The summed E-state index contributed by atoms with van der Waals surface area (Å²) in [7, 11) is 1.66. The third-order valence-corrected chi connectivity index (χ3v) is 2.83. The van der Waals surface area contributed by atoms with Gasteiger partial charge in [0.15, 0.2) is 5.96 Å². The topological polar surface area (TPSA) is 66.2 Å². The molecule has 0 atom stereocenters. The Morgan fingerprint density at radius 3 is 2.94 bits per heavy atom. The van der Waals surface area contributed by atoms with Crippen LogP contribution in [0.3, 0.4) is 0 Å². The predicted molar refractivity (Wildman–Crippen MR) is 80.7 cm³/mol. The van der Waals surface area contributed by atoms with Gasteiger partial charge in [-0.2, -0.15) is 0 Å². The average molecular weight is 362 g/mol. The minimum absolute atomic E-state index is 0. The Morgan fingerprint density at radius 1 is 1.47 bits per heavy atom. The molecule has 0 unspecified atom stereocenters. The maximum atomic E-state index is 5.56. The summed E-state index contributed by atoms with van der Waals surface area (Å²) in [5, 5.41) is 4.19. The van der Waals surface area contributed by atoms with Crippen molar-refractivity contribution in [1.82, 2.24) is 10.3 Å². The average Bonchev–Trinajstić information content (AvgIpc) is 2.67. The Bertz CT molecular complexity index is 533. The molecule has 2 rings (SSSR count). The van der Waals surface area contributed by atoms with Crippen molar-refractivity contribution in [2.45, 2.75) is 6.54 Å². The van der Waals surface area contributed by atoms with Crippen LogP contribution in [0.4, 0.5) is 0 Å². The zero-order chi connectivity index (χ0) is 11.5. The van der Waals surface area contributed by atoms with Gasteiger partial charge in [0.2, 0.25) is 0 Å². The van der Waals surface area contributed by atoms with Crippen LogP contribution in [-0.4, -0.2) is 18.0 Å². The van der Waals surface area contributed by atoms with E-state index in [9.17, 15) is 0 Å². The lowest BCUT2D eigenvalue weighted by atomic mass is 10.2. The zero-order valence-electron chi connectivity index (χ0n) is 9.33. The molecule has 1 heterocycles. The highest BCUT2D eigenvalue weighted by Gasteiger charge is 2.01. The lowest BCUT2D eigenvalue weighted by molar-refractivity contribution is 0.876. The number of halogens is 2. The fraction of sp³-hybridized carbons (Fsp3) is 0.182. The summed E-state index contributed by atoms with van der Waals surface area (Å²) in [6.07, 6.45) is 0. The van der Waals surface area contributed by atoms with E-state index in [-0.39, 0.29) is 17.0 Å². The van der Waals surface area contributed by atoms with Crippen LogP contribution in [0.1, 0.15) is 5.69 Å². The number of guanidine groups is 1. The molecule has 0 aliphatic rings. The fourth-order valence-corrected chi connectivity index (χ4v) is 1.90. The van der Waals surface area contributed by atoms with E-state index in [1.807, 2.05) is 12.1 Å². The lowest BCUT2D eigenvalue weighted by Gasteiger charge is -2.01. The number of nitrogens with zero attached hydrogens (tertiary/aromatic N) is 1. The number of aromatic amines is 1. The number of nitrogens with one attached hydrogen (secondary N) is 2. The largest absolute Gasteiger partial charge is 0.370 e. The molecule has 1 aromatic carbocycles. The van der Waals surface area contributed by atoms with Gasteiger partial charge < -0.3 is 16.0 Å². The molecule has 0 aliphatic carbocycles. The van der Waals surface area contributed by atoms with E-state index in [2.05, 4.69) is 43.4 Å². The number of aromatic nitrogens is 1. The smallest absolute Gasteiger partial charge is 0.188 e. The van der Waals surface area contributed by atoms with E-state index >= 15 is 0 Å².